The molecule has 0 aromatic heterocycles. The van der Waals surface area contributed by atoms with Crippen molar-refractivity contribution in [3.8, 4) is 0 Å². The van der Waals surface area contributed by atoms with Crippen LogP contribution >= 0.6 is 0 Å². The van der Waals surface area contributed by atoms with Crippen LogP contribution in [0.3, 0.4) is 0 Å². The summed E-state index contributed by atoms with van der Waals surface area (Å²) in [5.74, 6) is 0. The zero-order chi connectivity index (χ0) is 8.10. The fraction of sp³-hybridized carbons (Fsp3) is 0.200. The predicted octanol–water partition coefficient (Wildman–Crippen LogP) is 1.60. The lowest BCUT2D eigenvalue weighted by Crippen LogP contribution is -2.01. The summed E-state index contributed by atoms with van der Waals surface area (Å²) in [5.41, 5.74) is 1.34. The summed E-state index contributed by atoms with van der Waals surface area (Å²) in [6, 6.07) is 8.36. The normalized spacial score (nSPS) is 10.7. The number of allylic oxidation sites excluding steroid dienone is 2. The predicted molar refractivity (Wildman–Crippen MR) is 50.3 cm³/mol. The Morgan fingerprint density at radius 3 is 2.91 bits per heavy atom. The van der Waals surface area contributed by atoms with Crippen LogP contribution in [0, 0.1) is 0 Å². The highest BCUT2D eigenvalue weighted by atomic mass is 28.1. The van der Waals surface area contributed by atoms with Gasteiger partial charge in [-0.1, -0.05) is 41.6 Å². The van der Waals surface area contributed by atoms with Gasteiger partial charge in [0.1, 0.15) is 0 Å². The molecule has 0 aliphatic rings. The maximum Gasteiger partial charge on any atom is 0.0711 e. The summed E-state index contributed by atoms with van der Waals surface area (Å²) >= 11 is 0. The van der Waals surface area contributed by atoms with Gasteiger partial charge in [0.25, 0.3) is 0 Å². The molecule has 1 heteroatoms. The minimum atomic E-state index is 1.02. The van der Waals surface area contributed by atoms with E-state index in [4.69, 9.17) is 0 Å². The Bertz CT molecular complexity index is 251. The lowest BCUT2D eigenvalue weighted by Gasteiger charge is -1.96. The fourth-order valence-electron chi connectivity index (χ4n) is 0.952. The summed E-state index contributed by atoms with van der Waals surface area (Å²) in [7, 11) is 3.48. The van der Waals surface area contributed by atoms with E-state index in [9.17, 15) is 0 Å². The average Bonchev–Trinajstić information content (AvgIpc) is 2.01. The first-order valence-electron chi connectivity index (χ1n) is 3.74. The minimum Gasteiger partial charge on any atom is -0.0913 e. The van der Waals surface area contributed by atoms with Gasteiger partial charge in [-0.25, -0.2) is 0 Å². The molecule has 1 aromatic rings. The van der Waals surface area contributed by atoms with Crippen molar-refractivity contribution >= 4 is 15.4 Å². The number of hydrogen-bond donors (Lipinski definition) is 0. The maximum absolute atomic E-state index is 3.48. The number of rotatable bonds is 2. The third-order valence-electron chi connectivity index (χ3n) is 1.52. The smallest absolute Gasteiger partial charge is 0.0711 e. The van der Waals surface area contributed by atoms with Crippen molar-refractivity contribution in [2.45, 2.75) is 13.3 Å². The van der Waals surface area contributed by atoms with Gasteiger partial charge >= 0.3 is 0 Å². The summed E-state index contributed by atoms with van der Waals surface area (Å²) in [5, 5.41) is 1.15. The molecule has 0 heterocycles. The van der Waals surface area contributed by atoms with Crippen LogP contribution in [0.5, 0.6) is 0 Å². The monoisotopic (exact) mass is 159 g/mol. The van der Waals surface area contributed by atoms with E-state index in [0.29, 0.717) is 0 Å². The maximum atomic E-state index is 3.48. The molecule has 0 saturated carbocycles. The van der Waals surface area contributed by atoms with E-state index in [1.807, 2.05) is 13.0 Å². The van der Waals surface area contributed by atoms with Crippen LogP contribution in [0.1, 0.15) is 12.5 Å². The molecule has 0 spiro atoms. The molecule has 0 N–H and O–H groups in total. The molecule has 0 saturated heterocycles. The zero-order valence-electron chi connectivity index (χ0n) is 6.67. The van der Waals surface area contributed by atoms with Gasteiger partial charge in [-0.05, 0) is 18.9 Å². The van der Waals surface area contributed by atoms with Crippen molar-refractivity contribution in [1.82, 2.24) is 0 Å². The van der Waals surface area contributed by atoms with Crippen LogP contribution in [0.2, 0.25) is 0 Å². The summed E-state index contributed by atoms with van der Waals surface area (Å²) in [4.78, 5) is 0. The molecule has 0 aliphatic carbocycles. The molecule has 0 bridgehead atoms. The minimum absolute atomic E-state index is 1.02. The molecule has 0 amide bonds. The first-order chi connectivity index (χ1) is 5.33. The highest BCUT2D eigenvalue weighted by Gasteiger charge is 1.87. The molecule has 0 fully saturated rings. The molecule has 0 atom stereocenters. The van der Waals surface area contributed by atoms with Gasteiger partial charge in [-0.15, -0.1) is 0 Å². The summed E-state index contributed by atoms with van der Waals surface area (Å²) < 4.78 is 0. The standard InChI is InChI=1S/C10H11Si/c1-2-3-5-9-6-4-7-10(11)8-9/h2-4,6-8H,5H2,1H3. The Kier molecular flexibility index (Phi) is 3.11. The second kappa shape index (κ2) is 4.14. The van der Waals surface area contributed by atoms with Crippen LogP contribution in [-0.4, -0.2) is 10.2 Å². The van der Waals surface area contributed by atoms with E-state index >= 15 is 0 Å². The molecule has 55 valence electrons. The number of hydrogen-bond acceptors (Lipinski definition) is 0. The van der Waals surface area contributed by atoms with Crippen molar-refractivity contribution in [2.24, 2.45) is 0 Å². The molecule has 1 rings (SSSR count). The van der Waals surface area contributed by atoms with Crippen LogP contribution in [0.15, 0.2) is 36.4 Å². The third-order valence-corrected chi connectivity index (χ3v) is 1.83. The summed E-state index contributed by atoms with van der Waals surface area (Å²) in [6.45, 7) is 2.04. The largest absolute Gasteiger partial charge is 0.0913 e. The molecule has 0 nitrogen and oxygen atoms in total. The second-order valence-electron chi connectivity index (χ2n) is 2.47. The summed E-state index contributed by atoms with van der Waals surface area (Å²) in [6.07, 6.45) is 5.25. The second-order valence-corrected chi connectivity index (χ2v) is 3.05. The van der Waals surface area contributed by atoms with E-state index in [1.54, 1.807) is 0 Å². The van der Waals surface area contributed by atoms with Gasteiger partial charge in [0.05, 0.1) is 10.2 Å². The van der Waals surface area contributed by atoms with E-state index in [-0.39, 0.29) is 0 Å². The van der Waals surface area contributed by atoms with E-state index in [0.717, 1.165) is 11.6 Å². The quantitative estimate of drug-likeness (QED) is 0.454. The molecular formula is C10H11Si. The fourth-order valence-corrected chi connectivity index (χ4v) is 1.23. The van der Waals surface area contributed by atoms with Crippen LogP contribution in [0.25, 0.3) is 0 Å². The first-order valence-corrected chi connectivity index (χ1v) is 4.24. The van der Waals surface area contributed by atoms with Gasteiger partial charge in [0.2, 0.25) is 0 Å². The Hall–Kier alpha value is -0.823. The van der Waals surface area contributed by atoms with Gasteiger partial charge in [0.15, 0.2) is 0 Å². The van der Waals surface area contributed by atoms with Crippen molar-refractivity contribution in [1.29, 1.82) is 0 Å². The van der Waals surface area contributed by atoms with Gasteiger partial charge < -0.3 is 0 Å². The molecule has 0 aliphatic heterocycles. The zero-order valence-corrected chi connectivity index (χ0v) is 7.67. The topological polar surface area (TPSA) is 0 Å². The molecule has 0 unspecified atom stereocenters. The Balaban J connectivity index is 2.71. The Morgan fingerprint density at radius 2 is 2.27 bits per heavy atom. The third kappa shape index (κ3) is 2.72. The number of benzene rings is 1. The van der Waals surface area contributed by atoms with Crippen molar-refractivity contribution in [2.75, 3.05) is 0 Å². The van der Waals surface area contributed by atoms with Gasteiger partial charge in [-0.3, -0.25) is 0 Å². The Morgan fingerprint density at radius 1 is 1.45 bits per heavy atom. The van der Waals surface area contributed by atoms with E-state index in [2.05, 4.69) is 40.6 Å². The van der Waals surface area contributed by atoms with Gasteiger partial charge in [-0.2, -0.15) is 0 Å². The molecular weight excluding hydrogens is 148 g/mol. The molecule has 3 radical (unpaired) electrons. The highest BCUT2D eigenvalue weighted by molar-refractivity contribution is 6.32. The van der Waals surface area contributed by atoms with E-state index < -0.39 is 0 Å². The molecule has 11 heavy (non-hydrogen) atoms. The van der Waals surface area contributed by atoms with Crippen molar-refractivity contribution in [3.05, 3.63) is 42.0 Å². The van der Waals surface area contributed by atoms with Crippen LogP contribution in [0.4, 0.5) is 0 Å². The lowest BCUT2D eigenvalue weighted by atomic mass is 10.1. The van der Waals surface area contributed by atoms with Crippen LogP contribution in [-0.2, 0) is 6.42 Å². The van der Waals surface area contributed by atoms with Gasteiger partial charge in [0, 0.05) is 0 Å². The molecule has 1 aromatic carbocycles. The van der Waals surface area contributed by atoms with Crippen LogP contribution < -0.4 is 5.19 Å². The SMILES string of the molecule is CC=CCc1cccc([Si])c1. The van der Waals surface area contributed by atoms with E-state index in [1.165, 1.54) is 5.56 Å². The average molecular weight is 159 g/mol. The highest BCUT2D eigenvalue weighted by Crippen LogP contribution is 1.97. The Labute approximate surface area is 71.4 Å². The van der Waals surface area contributed by atoms with Crippen molar-refractivity contribution in [3.63, 3.8) is 0 Å². The first kappa shape index (κ1) is 8.28. The lowest BCUT2D eigenvalue weighted by molar-refractivity contribution is 1.27. The van der Waals surface area contributed by atoms with Crippen molar-refractivity contribution < 1.29 is 0 Å².